The fourth-order valence-electron chi connectivity index (χ4n) is 2.95. The number of hydrogen-bond donors (Lipinski definition) is 2. The molecule has 104 valence electrons. The molecule has 0 radical (unpaired) electrons. The molecule has 2 aliphatic carbocycles. The van der Waals surface area contributed by atoms with Gasteiger partial charge in [-0.1, -0.05) is 0 Å². The molecular formula is C14H21N3O2. The van der Waals surface area contributed by atoms with Crippen molar-refractivity contribution in [3.63, 3.8) is 0 Å². The number of rotatable bonds is 4. The summed E-state index contributed by atoms with van der Waals surface area (Å²) in [6, 6.07) is 2.35. The quantitative estimate of drug-likeness (QED) is 0.868. The van der Waals surface area contributed by atoms with Crippen molar-refractivity contribution < 1.29 is 9.53 Å². The highest BCUT2D eigenvalue weighted by atomic mass is 16.5. The van der Waals surface area contributed by atoms with Crippen LogP contribution in [0.25, 0.3) is 0 Å². The number of hydrogen-bond acceptors (Lipinski definition) is 3. The van der Waals surface area contributed by atoms with Gasteiger partial charge in [-0.2, -0.15) is 0 Å². The van der Waals surface area contributed by atoms with Crippen molar-refractivity contribution in [2.45, 2.75) is 50.3 Å². The molecule has 2 aliphatic rings. The van der Waals surface area contributed by atoms with Gasteiger partial charge >= 0.3 is 0 Å². The lowest BCUT2D eigenvalue weighted by Gasteiger charge is -2.20. The second kappa shape index (κ2) is 4.89. The van der Waals surface area contributed by atoms with Gasteiger partial charge in [-0.15, -0.1) is 0 Å². The summed E-state index contributed by atoms with van der Waals surface area (Å²) in [5.41, 5.74) is 7.16. The van der Waals surface area contributed by atoms with Crippen LogP contribution in [0.2, 0.25) is 0 Å². The average molecular weight is 263 g/mol. The summed E-state index contributed by atoms with van der Waals surface area (Å²) >= 11 is 0. The average Bonchev–Trinajstić information content (AvgIpc) is 3.02. The van der Waals surface area contributed by atoms with E-state index >= 15 is 0 Å². The van der Waals surface area contributed by atoms with E-state index in [1.165, 1.54) is 0 Å². The van der Waals surface area contributed by atoms with Gasteiger partial charge in [-0.05, 0) is 38.2 Å². The number of aromatic nitrogens is 1. The molecule has 19 heavy (non-hydrogen) atoms. The summed E-state index contributed by atoms with van der Waals surface area (Å²) in [5.74, 6) is -0.0300. The Labute approximate surface area is 113 Å². The summed E-state index contributed by atoms with van der Waals surface area (Å²) in [6.45, 7) is 0. The second-order valence-corrected chi connectivity index (χ2v) is 5.58. The van der Waals surface area contributed by atoms with Gasteiger partial charge in [-0.25, -0.2) is 0 Å². The molecule has 0 bridgehead atoms. The van der Waals surface area contributed by atoms with Crippen LogP contribution in [0, 0.1) is 0 Å². The maximum Gasteiger partial charge on any atom is 0.268 e. The fraction of sp³-hybridized carbons (Fsp3) is 0.643. The molecule has 1 amide bonds. The van der Waals surface area contributed by atoms with Gasteiger partial charge in [-0.3, -0.25) is 4.79 Å². The van der Waals surface area contributed by atoms with Crippen LogP contribution in [-0.2, 0) is 4.74 Å². The Morgan fingerprint density at radius 3 is 2.89 bits per heavy atom. The number of methoxy groups -OCH3 is 1. The Morgan fingerprint density at radius 2 is 2.21 bits per heavy atom. The fourth-order valence-corrected chi connectivity index (χ4v) is 2.95. The zero-order chi connectivity index (χ0) is 13.4. The molecule has 2 atom stereocenters. The first kappa shape index (κ1) is 12.5. The molecule has 2 fully saturated rings. The van der Waals surface area contributed by atoms with E-state index in [1.807, 2.05) is 10.8 Å². The number of nitrogens with zero attached hydrogens (tertiary/aromatic N) is 1. The van der Waals surface area contributed by atoms with Crippen molar-refractivity contribution in [2.24, 2.45) is 0 Å². The van der Waals surface area contributed by atoms with E-state index in [-0.39, 0.29) is 18.1 Å². The maximum atomic E-state index is 12.4. The number of ether oxygens (including phenoxy) is 1. The molecule has 1 aromatic heterocycles. The number of anilines is 1. The second-order valence-electron chi connectivity index (χ2n) is 5.58. The van der Waals surface area contributed by atoms with Crippen molar-refractivity contribution in [3.8, 4) is 0 Å². The molecule has 0 saturated heterocycles. The van der Waals surface area contributed by atoms with Crippen LogP contribution in [0.15, 0.2) is 12.3 Å². The van der Waals surface area contributed by atoms with Crippen molar-refractivity contribution in [2.75, 3.05) is 12.8 Å². The van der Waals surface area contributed by atoms with Crippen molar-refractivity contribution in [3.05, 3.63) is 18.0 Å². The third-order valence-electron chi connectivity index (χ3n) is 4.11. The minimum atomic E-state index is -0.0300. The molecule has 5 nitrogen and oxygen atoms in total. The van der Waals surface area contributed by atoms with Crippen LogP contribution in [0.4, 0.5) is 5.69 Å². The summed E-state index contributed by atoms with van der Waals surface area (Å²) in [4.78, 5) is 12.4. The van der Waals surface area contributed by atoms with Crippen LogP contribution in [0.3, 0.4) is 0 Å². The van der Waals surface area contributed by atoms with Gasteiger partial charge in [0.05, 0.1) is 17.8 Å². The minimum Gasteiger partial charge on any atom is -0.397 e. The van der Waals surface area contributed by atoms with Gasteiger partial charge < -0.3 is 20.4 Å². The third-order valence-corrected chi connectivity index (χ3v) is 4.11. The summed E-state index contributed by atoms with van der Waals surface area (Å²) < 4.78 is 7.42. The van der Waals surface area contributed by atoms with E-state index in [4.69, 9.17) is 10.5 Å². The van der Waals surface area contributed by atoms with E-state index in [0.717, 1.165) is 32.1 Å². The maximum absolute atomic E-state index is 12.4. The van der Waals surface area contributed by atoms with Crippen LogP contribution >= 0.6 is 0 Å². The summed E-state index contributed by atoms with van der Waals surface area (Å²) in [5, 5.41) is 3.09. The normalized spacial score (nSPS) is 26.6. The van der Waals surface area contributed by atoms with Crippen LogP contribution < -0.4 is 11.1 Å². The van der Waals surface area contributed by atoms with Gasteiger partial charge in [0.25, 0.3) is 5.91 Å². The van der Waals surface area contributed by atoms with Gasteiger partial charge in [0, 0.05) is 19.3 Å². The zero-order valence-electron chi connectivity index (χ0n) is 11.3. The van der Waals surface area contributed by atoms with Crippen molar-refractivity contribution in [1.29, 1.82) is 0 Å². The SMILES string of the molecule is COC1CCCC1NC(=O)c1cc(N)cn1C1CC1. The molecule has 1 aromatic rings. The van der Waals surface area contributed by atoms with Crippen LogP contribution in [0.5, 0.6) is 0 Å². The number of amides is 1. The Bertz CT molecular complexity index is 479. The van der Waals surface area contributed by atoms with E-state index in [9.17, 15) is 4.79 Å². The molecule has 3 rings (SSSR count). The first-order chi connectivity index (χ1) is 9.19. The first-order valence-electron chi connectivity index (χ1n) is 7.00. The number of carbonyl (C=O) groups excluding carboxylic acids is 1. The molecule has 0 aliphatic heterocycles. The van der Waals surface area contributed by atoms with Crippen molar-refractivity contribution >= 4 is 11.6 Å². The van der Waals surface area contributed by atoms with E-state index < -0.39 is 0 Å². The van der Waals surface area contributed by atoms with Gasteiger partial charge in [0.2, 0.25) is 0 Å². The smallest absolute Gasteiger partial charge is 0.268 e. The lowest BCUT2D eigenvalue weighted by molar-refractivity contribution is 0.0716. The van der Waals surface area contributed by atoms with E-state index in [0.29, 0.717) is 17.4 Å². The Kier molecular flexibility index (Phi) is 3.22. The molecule has 5 heteroatoms. The molecule has 0 spiro atoms. The molecule has 2 saturated carbocycles. The monoisotopic (exact) mass is 263 g/mol. The summed E-state index contributed by atoms with van der Waals surface area (Å²) in [7, 11) is 1.71. The summed E-state index contributed by atoms with van der Waals surface area (Å²) in [6.07, 6.45) is 7.41. The Balaban J connectivity index is 1.73. The highest BCUT2D eigenvalue weighted by Gasteiger charge is 2.31. The Hall–Kier alpha value is -1.49. The highest BCUT2D eigenvalue weighted by molar-refractivity contribution is 5.94. The zero-order valence-corrected chi connectivity index (χ0v) is 11.3. The first-order valence-corrected chi connectivity index (χ1v) is 7.00. The molecule has 2 unspecified atom stereocenters. The lowest BCUT2D eigenvalue weighted by Crippen LogP contribution is -2.41. The topological polar surface area (TPSA) is 69.3 Å². The number of nitrogens with two attached hydrogens (primary N) is 1. The Morgan fingerprint density at radius 1 is 1.42 bits per heavy atom. The predicted molar refractivity (Wildman–Crippen MR) is 73.0 cm³/mol. The van der Waals surface area contributed by atoms with E-state index in [1.54, 1.807) is 13.2 Å². The molecule has 1 heterocycles. The predicted octanol–water partition coefficient (Wildman–Crippen LogP) is 1.70. The van der Waals surface area contributed by atoms with Crippen molar-refractivity contribution in [1.82, 2.24) is 9.88 Å². The van der Waals surface area contributed by atoms with Crippen LogP contribution in [0.1, 0.15) is 48.6 Å². The van der Waals surface area contributed by atoms with Crippen LogP contribution in [-0.4, -0.2) is 29.7 Å². The number of nitrogens with one attached hydrogen (secondary N) is 1. The van der Waals surface area contributed by atoms with Gasteiger partial charge in [0.15, 0.2) is 0 Å². The molecule has 3 N–H and O–H groups in total. The standard InChI is InChI=1S/C14H21N3O2/c1-19-13-4-2-3-11(13)16-14(18)12-7-9(15)8-17(12)10-5-6-10/h7-8,10-11,13H,2-6,15H2,1H3,(H,16,18). The minimum absolute atomic E-state index is 0.0300. The molecule has 0 aromatic carbocycles. The molecular weight excluding hydrogens is 242 g/mol. The largest absolute Gasteiger partial charge is 0.397 e. The lowest BCUT2D eigenvalue weighted by atomic mass is 10.2. The van der Waals surface area contributed by atoms with Gasteiger partial charge in [0.1, 0.15) is 5.69 Å². The number of nitrogen functional groups attached to an aromatic ring is 1. The third kappa shape index (κ3) is 2.47. The number of carbonyl (C=O) groups is 1. The highest BCUT2D eigenvalue weighted by Crippen LogP contribution is 2.37. The van der Waals surface area contributed by atoms with E-state index in [2.05, 4.69) is 5.32 Å².